The smallest absolute Gasteiger partial charge is 0.339 e. The minimum Gasteiger partial charge on any atom is -0.478 e. The molecule has 0 aliphatic carbocycles. The average Bonchev–Trinajstić information content (AvgIpc) is 2.97. The van der Waals surface area contributed by atoms with Crippen molar-refractivity contribution in [2.75, 3.05) is 12.4 Å². The SMILES string of the molecule is CNc1cc(F)ccc1C(=N)c1cnc2[nH]cc(C(=O)O)c2n1. The fourth-order valence-corrected chi connectivity index (χ4v) is 2.25. The Bertz CT molecular complexity index is 935. The van der Waals surface area contributed by atoms with Gasteiger partial charge in [0.2, 0.25) is 0 Å². The fraction of sp³-hybridized carbons (Fsp3) is 0.0667. The molecule has 2 aromatic heterocycles. The van der Waals surface area contributed by atoms with Crippen molar-refractivity contribution >= 4 is 28.5 Å². The van der Waals surface area contributed by atoms with Crippen LogP contribution in [0.15, 0.2) is 30.6 Å². The van der Waals surface area contributed by atoms with Crippen LogP contribution in [0.5, 0.6) is 0 Å². The molecular formula is C15H12FN5O2. The molecule has 0 bridgehead atoms. The molecule has 1 aromatic carbocycles. The molecule has 3 rings (SSSR count). The van der Waals surface area contributed by atoms with E-state index in [0.29, 0.717) is 16.9 Å². The highest BCUT2D eigenvalue weighted by atomic mass is 19.1. The van der Waals surface area contributed by atoms with Gasteiger partial charge in [0.25, 0.3) is 0 Å². The molecule has 0 fully saturated rings. The number of carboxylic acids is 1. The Morgan fingerprint density at radius 2 is 2.17 bits per heavy atom. The number of carbonyl (C=O) groups is 1. The number of rotatable bonds is 4. The standard InChI is InChI=1S/C15H12FN5O2/c1-18-10-4-7(16)2-3-8(10)12(17)11-6-20-14-13(21-11)9(5-19-14)15(22)23/h2-6,17-18H,1H3,(H,19,20)(H,22,23). The van der Waals surface area contributed by atoms with Crippen LogP contribution in [0.25, 0.3) is 11.2 Å². The van der Waals surface area contributed by atoms with Gasteiger partial charge in [-0.2, -0.15) is 0 Å². The van der Waals surface area contributed by atoms with Crippen LogP contribution in [0.2, 0.25) is 0 Å². The Kier molecular flexibility index (Phi) is 3.49. The van der Waals surface area contributed by atoms with E-state index in [-0.39, 0.29) is 22.5 Å². The second kappa shape index (κ2) is 5.48. The van der Waals surface area contributed by atoms with E-state index in [1.165, 1.54) is 30.6 Å². The maximum Gasteiger partial charge on any atom is 0.339 e. The van der Waals surface area contributed by atoms with Crippen molar-refractivity contribution in [1.29, 1.82) is 5.41 Å². The minimum absolute atomic E-state index is 0.0151. The van der Waals surface area contributed by atoms with Crippen LogP contribution >= 0.6 is 0 Å². The summed E-state index contributed by atoms with van der Waals surface area (Å²) >= 11 is 0. The molecule has 0 saturated carbocycles. The van der Waals surface area contributed by atoms with E-state index in [2.05, 4.69) is 20.3 Å². The van der Waals surface area contributed by atoms with Crippen LogP contribution < -0.4 is 5.32 Å². The van der Waals surface area contributed by atoms with Crippen LogP contribution in [-0.2, 0) is 0 Å². The molecule has 0 atom stereocenters. The largest absolute Gasteiger partial charge is 0.478 e. The maximum absolute atomic E-state index is 13.3. The van der Waals surface area contributed by atoms with E-state index in [1.807, 2.05) is 0 Å². The number of hydrogen-bond donors (Lipinski definition) is 4. The lowest BCUT2D eigenvalue weighted by Gasteiger charge is -2.10. The maximum atomic E-state index is 13.3. The van der Waals surface area contributed by atoms with Crippen molar-refractivity contribution in [3.8, 4) is 0 Å². The van der Waals surface area contributed by atoms with E-state index in [1.54, 1.807) is 7.05 Å². The molecule has 7 nitrogen and oxygen atoms in total. The number of H-pyrrole nitrogens is 1. The third kappa shape index (κ3) is 2.50. The first-order valence-electron chi connectivity index (χ1n) is 6.65. The van der Waals surface area contributed by atoms with Crippen molar-refractivity contribution in [1.82, 2.24) is 15.0 Å². The number of nitrogens with zero attached hydrogens (tertiary/aromatic N) is 2. The molecule has 3 aromatic rings. The third-order valence-corrected chi connectivity index (χ3v) is 3.39. The third-order valence-electron chi connectivity index (χ3n) is 3.39. The highest BCUT2D eigenvalue weighted by Crippen LogP contribution is 2.21. The molecular weight excluding hydrogens is 301 g/mol. The van der Waals surface area contributed by atoms with Crippen molar-refractivity contribution in [3.63, 3.8) is 0 Å². The number of aromatic carboxylic acids is 1. The number of benzene rings is 1. The average molecular weight is 313 g/mol. The van der Waals surface area contributed by atoms with Gasteiger partial charge >= 0.3 is 5.97 Å². The summed E-state index contributed by atoms with van der Waals surface area (Å²) in [4.78, 5) is 22.2. The summed E-state index contributed by atoms with van der Waals surface area (Å²) in [6, 6.07) is 3.98. The van der Waals surface area contributed by atoms with Crippen LogP contribution in [-0.4, -0.2) is 38.8 Å². The summed E-state index contributed by atoms with van der Waals surface area (Å²) in [6.45, 7) is 0. The van der Waals surface area contributed by atoms with Gasteiger partial charge in [-0.3, -0.25) is 5.41 Å². The zero-order chi connectivity index (χ0) is 16.6. The minimum atomic E-state index is -1.13. The van der Waals surface area contributed by atoms with Crippen LogP contribution in [0, 0.1) is 11.2 Å². The van der Waals surface area contributed by atoms with Gasteiger partial charge in [0.05, 0.1) is 11.9 Å². The number of aromatic nitrogens is 3. The summed E-state index contributed by atoms with van der Waals surface area (Å²) in [6.07, 6.45) is 2.67. The monoisotopic (exact) mass is 313 g/mol. The van der Waals surface area contributed by atoms with E-state index in [4.69, 9.17) is 10.5 Å². The zero-order valence-corrected chi connectivity index (χ0v) is 12.0. The Morgan fingerprint density at radius 1 is 1.39 bits per heavy atom. The predicted molar refractivity (Wildman–Crippen MR) is 82.7 cm³/mol. The van der Waals surface area contributed by atoms with Crippen molar-refractivity contribution in [2.24, 2.45) is 0 Å². The molecule has 8 heteroatoms. The lowest BCUT2D eigenvalue weighted by atomic mass is 10.1. The Hall–Kier alpha value is -3.29. The highest BCUT2D eigenvalue weighted by molar-refractivity contribution is 6.13. The Morgan fingerprint density at radius 3 is 2.87 bits per heavy atom. The molecule has 0 amide bonds. The summed E-state index contributed by atoms with van der Waals surface area (Å²) < 4.78 is 13.3. The van der Waals surface area contributed by atoms with E-state index in [0.717, 1.165) is 0 Å². The molecule has 0 aliphatic heterocycles. The first-order valence-corrected chi connectivity index (χ1v) is 6.65. The van der Waals surface area contributed by atoms with Crippen LogP contribution in [0.3, 0.4) is 0 Å². The highest BCUT2D eigenvalue weighted by Gasteiger charge is 2.17. The number of anilines is 1. The van der Waals surface area contributed by atoms with Crippen molar-refractivity contribution < 1.29 is 14.3 Å². The second-order valence-electron chi connectivity index (χ2n) is 4.77. The molecule has 116 valence electrons. The lowest BCUT2D eigenvalue weighted by molar-refractivity contribution is 0.0699. The molecule has 2 heterocycles. The van der Waals surface area contributed by atoms with Gasteiger partial charge in [0.1, 0.15) is 22.6 Å². The Labute approximate surface area is 129 Å². The van der Waals surface area contributed by atoms with Gasteiger partial charge in [-0.05, 0) is 18.2 Å². The zero-order valence-electron chi connectivity index (χ0n) is 12.0. The van der Waals surface area contributed by atoms with E-state index < -0.39 is 11.8 Å². The molecule has 0 radical (unpaired) electrons. The van der Waals surface area contributed by atoms with Crippen molar-refractivity contribution in [3.05, 3.63) is 53.2 Å². The van der Waals surface area contributed by atoms with Crippen LogP contribution in [0.1, 0.15) is 21.6 Å². The van der Waals surface area contributed by atoms with E-state index in [9.17, 15) is 9.18 Å². The van der Waals surface area contributed by atoms with Gasteiger partial charge in [0.15, 0.2) is 5.65 Å². The quantitative estimate of drug-likeness (QED) is 0.551. The number of nitrogens with one attached hydrogen (secondary N) is 3. The molecule has 0 unspecified atom stereocenters. The van der Waals surface area contributed by atoms with Crippen molar-refractivity contribution in [2.45, 2.75) is 0 Å². The fourth-order valence-electron chi connectivity index (χ4n) is 2.25. The number of aromatic amines is 1. The van der Waals surface area contributed by atoms with Gasteiger partial charge in [-0.1, -0.05) is 0 Å². The molecule has 0 spiro atoms. The second-order valence-corrected chi connectivity index (χ2v) is 4.77. The van der Waals surface area contributed by atoms with Crippen LogP contribution in [0.4, 0.5) is 10.1 Å². The predicted octanol–water partition coefficient (Wildman–Crippen LogP) is 2.25. The summed E-state index contributed by atoms with van der Waals surface area (Å²) in [5, 5.41) is 20.2. The van der Waals surface area contributed by atoms with Gasteiger partial charge < -0.3 is 15.4 Å². The Balaban J connectivity index is 2.11. The number of carboxylic acid groups (broad SMARTS) is 1. The molecule has 23 heavy (non-hydrogen) atoms. The normalized spacial score (nSPS) is 10.7. The van der Waals surface area contributed by atoms with Gasteiger partial charge in [-0.15, -0.1) is 0 Å². The lowest BCUT2D eigenvalue weighted by Crippen LogP contribution is -2.09. The number of hydrogen-bond acceptors (Lipinski definition) is 5. The summed E-state index contributed by atoms with van der Waals surface area (Å²) in [5.74, 6) is -1.56. The van der Waals surface area contributed by atoms with E-state index >= 15 is 0 Å². The van der Waals surface area contributed by atoms with Gasteiger partial charge in [-0.25, -0.2) is 19.2 Å². The number of fused-ring (bicyclic) bond motifs is 1. The summed E-state index contributed by atoms with van der Waals surface area (Å²) in [5.41, 5.74) is 1.57. The first-order chi connectivity index (χ1) is 11.0. The molecule has 0 aliphatic rings. The van der Waals surface area contributed by atoms with Gasteiger partial charge in [0, 0.05) is 24.5 Å². The topological polar surface area (TPSA) is 115 Å². The number of halogens is 1. The molecule has 4 N–H and O–H groups in total. The summed E-state index contributed by atoms with van der Waals surface area (Å²) in [7, 11) is 1.62. The molecule has 0 saturated heterocycles. The first kappa shape index (κ1) is 14.6.